The van der Waals surface area contributed by atoms with E-state index in [1.807, 2.05) is 12.1 Å². The van der Waals surface area contributed by atoms with Crippen molar-refractivity contribution in [2.75, 3.05) is 7.11 Å². The highest BCUT2D eigenvalue weighted by molar-refractivity contribution is 7.99. The Morgan fingerprint density at radius 2 is 2.00 bits per heavy atom. The molecule has 8 nitrogen and oxygen atoms in total. The third kappa shape index (κ3) is 3.35. The normalized spacial score (nSPS) is 10.6. The zero-order valence-electron chi connectivity index (χ0n) is 12.8. The van der Waals surface area contributed by atoms with Gasteiger partial charge in [-0.1, -0.05) is 0 Å². The maximum absolute atomic E-state index is 10.7. The highest BCUT2D eigenvalue weighted by atomic mass is 32.2. The molecule has 9 heteroatoms. The van der Waals surface area contributed by atoms with Crippen molar-refractivity contribution < 1.29 is 14.1 Å². The minimum atomic E-state index is -0.483. The van der Waals surface area contributed by atoms with Crippen molar-refractivity contribution in [3.63, 3.8) is 0 Å². The van der Waals surface area contributed by atoms with Crippen LogP contribution in [-0.4, -0.2) is 27.2 Å². The lowest BCUT2D eigenvalue weighted by molar-refractivity contribution is -0.385. The van der Waals surface area contributed by atoms with Gasteiger partial charge in [-0.15, -0.1) is 10.2 Å². The van der Waals surface area contributed by atoms with Crippen LogP contribution in [0, 0.1) is 17.0 Å². The Kier molecular flexibility index (Phi) is 4.43. The van der Waals surface area contributed by atoms with Gasteiger partial charge in [0.25, 0.3) is 10.9 Å². The average molecular weight is 344 g/mol. The lowest BCUT2D eigenvalue weighted by atomic mass is 10.2. The maximum atomic E-state index is 10.7. The van der Waals surface area contributed by atoms with E-state index in [-0.39, 0.29) is 5.69 Å². The fourth-order valence-corrected chi connectivity index (χ4v) is 2.63. The van der Waals surface area contributed by atoms with Gasteiger partial charge < -0.3 is 9.15 Å². The SMILES string of the molecule is COc1ccc(-c2nnc(Sc3ncc([N+](=O)[O-])cc3C)o2)cc1. The van der Waals surface area contributed by atoms with Crippen molar-refractivity contribution in [1.82, 2.24) is 15.2 Å². The molecule has 0 spiro atoms. The largest absolute Gasteiger partial charge is 0.497 e. The van der Waals surface area contributed by atoms with Crippen LogP contribution in [0.5, 0.6) is 5.75 Å². The van der Waals surface area contributed by atoms with Gasteiger partial charge in [-0.05, 0) is 48.5 Å². The van der Waals surface area contributed by atoms with Crippen molar-refractivity contribution in [3.8, 4) is 17.2 Å². The number of methoxy groups -OCH3 is 1. The summed E-state index contributed by atoms with van der Waals surface area (Å²) >= 11 is 1.16. The Bertz CT molecular complexity index is 879. The molecular weight excluding hydrogens is 332 g/mol. The lowest BCUT2D eigenvalue weighted by Gasteiger charge is -2.01. The number of ether oxygens (including phenoxy) is 1. The minimum absolute atomic E-state index is 0.0544. The third-order valence-corrected chi connectivity index (χ3v) is 4.11. The number of aromatic nitrogens is 3. The van der Waals surface area contributed by atoms with Crippen LogP contribution in [0.1, 0.15) is 5.56 Å². The molecule has 3 rings (SSSR count). The molecular formula is C15H12N4O4S. The number of pyridine rings is 1. The van der Waals surface area contributed by atoms with Gasteiger partial charge in [0, 0.05) is 11.6 Å². The summed E-state index contributed by atoms with van der Waals surface area (Å²) in [7, 11) is 1.59. The Morgan fingerprint density at radius 1 is 1.25 bits per heavy atom. The molecule has 122 valence electrons. The molecule has 0 amide bonds. The zero-order chi connectivity index (χ0) is 17.1. The summed E-state index contributed by atoms with van der Waals surface area (Å²) in [6.07, 6.45) is 1.20. The monoisotopic (exact) mass is 344 g/mol. The van der Waals surface area contributed by atoms with Crippen molar-refractivity contribution in [1.29, 1.82) is 0 Å². The first-order valence-corrected chi connectivity index (χ1v) is 7.65. The number of rotatable bonds is 5. The van der Waals surface area contributed by atoms with Crippen LogP contribution < -0.4 is 4.74 Å². The van der Waals surface area contributed by atoms with Crippen LogP contribution in [0.2, 0.25) is 0 Å². The second-order valence-electron chi connectivity index (χ2n) is 4.78. The van der Waals surface area contributed by atoms with Crippen LogP contribution in [0.25, 0.3) is 11.5 Å². The second-order valence-corrected chi connectivity index (χ2v) is 5.72. The van der Waals surface area contributed by atoms with Gasteiger partial charge in [-0.25, -0.2) is 4.98 Å². The summed E-state index contributed by atoms with van der Waals surface area (Å²) in [6, 6.07) is 8.69. The Morgan fingerprint density at radius 3 is 2.62 bits per heavy atom. The third-order valence-electron chi connectivity index (χ3n) is 3.15. The first kappa shape index (κ1) is 15.9. The molecule has 2 heterocycles. The molecule has 0 aliphatic heterocycles. The summed E-state index contributed by atoms with van der Waals surface area (Å²) in [5.41, 5.74) is 1.38. The molecule has 0 N–H and O–H groups in total. The number of benzene rings is 1. The highest BCUT2D eigenvalue weighted by Gasteiger charge is 2.15. The first-order chi connectivity index (χ1) is 11.6. The molecule has 0 unspecified atom stereocenters. The molecule has 0 atom stereocenters. The van der Waals surface area contributed by atoms with E-state index in [1.165, 1.54) is 12.3 Å². The van der Waals surface area contributed by atoms with Gasteiger partial charge >= 0.3 is 0 Å². The van der Waals surface area contributed by atoms with E-state index < -0.39 is 4.92 Å². The molecule has 0 bridgehead atoms. The van der Waals surface area contributed by atoms with Crippen molar-refractivity contribution in [2.45, 2.75) is 17.2 Å². The molecule has 3 aromatic rings. The van der Waals surface area contributed by atoms with Gasteiger partial charge in [-0.2, -0.15) is 0 Å². The Labute approximate surface area is 141 Å². The molecule has 1 aromatic carbocycles. The van der Waals surface area contributed by atoms with E-state index in [2.05, 4.69) is 15.2 Å². The van der Waals surface area contributed by atoms with Crippen LogP contribution in [0.3, 0.4) is 0 Å². The van der Waals surface area contributed by atoms with Crippen LogP contribution in [0.15, 0.2) is 51.2 Å². The number of hydrogen-bond acceptors (Lipinski definition) is 8. The topological polar surface area (TPSA) is 104 Å². The van der Waals surface area contributed by atoms with Crippen molar-refractivity contribution >= 4 is 17.4 Å². The molecule has 0 saturated carbocycles. The van der Waals surface area contributed by atoms with Gasteiger partial charge in [0.05, 0.1) is 12.0 Å². The maximum Gasteiger partial charge on any atom is 0.287 e. The predicted octanol–water partition coefficient (Wildman–Crippen LogP) is 3.51. The standard InChI is InChI=1S/C15H12N4O4S/c1-9-7-11(19(20)21)8-16-14(9)24-15-18-17-13(23-15)10-3-5-12(22-2)6-4-10/h3-8H,1-2H3. The van der Waals surface area contributed by atoms with Gasteiger partial charge in [0.2, 0.25) is 5.89 Å². The summed E-state index contributed by atoms with van der Waals surface area (Å²) in [5, 5.41) is 19.6. The molecule has 2 aromatic heterocycles. The summed E-state index contributed by atoms with van der Waals surface area (Å²) in [4.78, 5) is 14.3. The lowest BCUT2D eigenvalue weighted by Crippen LogP contribution is -1.92. The second kappa shape index (κ2) is 6.67. The average Bonchev–Trinajstić information content (AvgIpc) is 3.05. The predicted molar refractivity (Wildman–Crippen MR) is 86.0 cm³/mol. The first-order valence-electron chi connectivity index (χ1n) is 6.83. The van der Waals surface area contributed by atoms with E-state index >= 15 is 0 Å². The number of hydrogen-bond donors (Lipinski definition) is 0. The molecule has 0 fully saturated rings. The van der Waals surface area contributed by atoms with Crippen molar-refractivity contribution in [2.24, 2.45) is 0 Å². The van der Waals surface area contributed by atoms with Crippen LogP contribution >= 0.6 is 11.8 Å². The fraction of sp³-hybridized carbons (Fsp3) is 0.133. The van der Waals surface area contributed by atoms with Crippen LogP contribution in [0.4, 0.5) is 5.69 Å². The van der Waals surface area contributed by atoms with Gasteiger partial charge in [-0.3, -0.25) is 10.1 Å². The quantitative estimate of drug-likeness (QED) is 0.511. The summed E-state index contributed by atoms with van der Waals surface area (Å²) < 4.78 is 10.7. The number of nitro groups is 1. The molecule has 0 radical (unpaired) electrons. The van der Waals surface area contributed by atoms with Gasteiger partial charge in [0.15, 0.2) is 0 Å². The smallest absolute Gasteiger partial charge is 0.287 e. The summed E-state index contributed by atoms with van der Waals surface area (Å²) in [5.74, 6) is 1.11. The number of aryl methyl sites for hydroxylation is 1. The molecule has 0 saturated heterocycles. The Balaban J connectivity index is 1.79. The fourth-order valence-electron chi connectivity index (χ4n) is 1.94. The molecule has 0 aliphatic carbocycles. The van der Waals surface area contributed by atoms with E-state index in [0.29, 0.717) is 21.7 Å². The zero-order valence-corrected chi connectivity index (χ0v) is 13.6. The summed E-state index contributed by atoms with van der Waals surface area (Å²) in [6.45, 7) is 1.74. The highest BCUT2D eigenvalue weighted by Crippen LogP contribution is 2.31. The van der Waals surface area contributed by atoms with Crippen LogP contribution in [-0.2, 0) is 0 Å². The molecule has 24 heavy (non-hydrogen) atoms. The van der Waals surface area contributed by atoms with E-state index in [0.717, 1.165) is 23.1 Å². The Hall–Kier alpha value is -2.94. The van der Waals surface area contributed by atoms with E-state index in [9.17, 15) is 10.1 Å². The van der Waals surface area contributed by atoms with E-state index in [1.54, 1.807) is 26.2 Å². The minimum Gasteiger partial charge on any atom is -0.497 e. The molecule has 0 aliphatic rings. The van der Waals surface area contributed by atoms with Crippen molar-refractivity contribution in [3.05, 3.63) is 52.2 Å². The van der Waals surface area contributed by atoms with E-state index in [4.69, 9.17) is 9.15 Å². The number of nitrogens with zero attached hydrogens (tertiary/aromatic N) is 4. The van der Waals surface area contributed by atoms with Gasteiger partial charge in [0.1, 0.15) is 17.0 Å².